The third kappa shape index (κ3) is 2.05. The molecule has 0 spiro atoms. The fourth-order valence-corrected chi connectivity index (χ4v) is 2.45. The van der Waals surface area contributed by atoms with E-state index in [1.165, 1.54) is 6.07 Å². The molecule has 0 aliphatic carbocycles. The summed E-state index contributed by atoms with van der Waals surface area (Å²) in [6, 6.07) is 6.69. The van der Waals surface area contributed by atoms with E-state index in [1.807, 2.05) is 0 Å². The van der Waals surface area contributed by atoms with Crippen LogP contribution >= 0.6 is 34.2 Å². The molecule has 1 aromatic heterocycles. The van der Waals surface area contributed by atoms with Crippen molar-refractivity contribution in [2.45, 2.75) is 0 Å². The minimum absolute atomic E-state index is 0.0442. The Morgan fingerprint density at radius 2 is 2.13 bits per heavy atom. The van der Waals surface area contributed by atoms with E-state index in [0.29, 0.717) is 10.5 Å². The van der Waals surface area contributed by atoms with Crippen LogP contribution in [0.5, 0.6) is 0 Å². The quantitative estimate of drug-likeness (QED) is 0.816. The lowest BCUT2D eigenvalue weighted by molar-refractivity contribution is 0.0691. The Morgan fingerprint density at radius 1 is 1.40 bits per heavy atom. The average molecular weight is 334 g/mol. The Morgan fingerprint density at radius 3 is 2.80 bits per heavy atom. The van der Waals surface area contributed by atoms with Crippen LogP contribution in [0.4, 0.5) is 0 Å². The lowest BCUT2D eigenvalue weighted by Gasteiger charge is -2.02. The van der Waals surface area contributed by atoms with Crippen molar-refractivity contribution < 1.29 is 9.90 Å². The largest absolute Gasteiger partial charge is 0.477 e. The van der Waals surface area contributed by atoms with Crippen LogP contribution in [-0.4, -0.2) is 16.1 Å². The summed E-state index contributed by atoms with van der Waals surface area (Å²) in [5.74, 6) is -1.03. The standard InChI is InChI=1S/C10H5ClINO2/c11-6-3-5-1-2-8(10(14)15)13-9(5)7(12)4-6/h1-4H,(H,14,15). The summed E-state index contributed by atoms with van der Waals surface area (Å²) in [4.78, 5) is 14.8. The first-order chi connectivity index (χ1) is 7.08. The topological polar surface area (TPSA) is 50.2 Å². The summed E-state index contributed by atoms with van der Waals surface area (Å²) < 4.78 is 0.846. The van der Waals surface area contributed by atoms with Gasteiger partial charge < -0.3 is 5.11 Å². The van der Waals surface area contributed by atoms with Gasteiger partial charge in [0.2, 0.25) is 0 Å². The summed E-state index contributed by atoms with van der Waals surface area (Å²) >= 11 is 7.96. The molecule has 1 heterocycles. The molecule has 3 nitrogen and oxygen atoms in total. The second-order valence-electron chi connectivity index (χ2n) is 2.96. The Bertz CT molecular complexity index is 556. The number of hydrogen-bond donors (Lipinski definition) is 1. The molecule has 5 heteroatoms. The Balaban J connectivity index is 2.76. The number of pyridine rings is 1. The second kappa shape index (κ2) is 3.94. The van der Waals surface area contributed by atoms with E-state index in [-0.39, 0.29) is 5.69 Å². The molecule has 0 saturated carbocycles. The number of rotatable bonds is 1. The first-order valence-corrected chi connectivity index (χ1v) is 5.53. The molecule has 1 N–H and O–H groups in total. The highest BCUT2D eigenvalue weighted by Gasteiger charge is 2.08. The summed E-state index contributed by atoms with van der Waals surface area (Å²) in [6.45, 7) is 0. The molecular formula is C10H5ClINO2. The maximum atomic E-state index is 10.7. The smallest absolute Gasteiger partial charge is 0.354 e. The van der Waals surface area contributed by atoms with E-state index in [1.54, 1.807) is 18.2 Å². The molecular weight excluding hydrogens is 328 g/mol. The molecule has 0 bridgehead atoms. The van der Waals surface area contributed by atoms with Gasteiger partial charge in [-0.2, -0.15) is 0 Å². The van der Waals surface area contributed by atoms with Crippen molar-refractivity contribution in [3.05, 3.63) is 38.6 Å². The zero-order valence-electron chi connectivity index (χ0n) is 7.37. The molecule has 2 rings (SSSR count). The van der Waals surface area contributed by atoms with E-state index < -0.39 is 5.97 Å². The molecule has 15 heavy (non-hydrogen) atoms. The van der Waals surface area contributed by atoms with Gasteiger partial charge in [0.1, 0.15) is 5.69 Å². The van der Waals surface area contributed by atoms with Crippen molar-refractivity contribution in [3.8, 4) is 0 Å². The zero-order valence-corrected chi connectivity index (χ0v) is 10.3. The maximum absolute atomic E-state index is 10.7. The zero-order chi connectivity index (χ0) is 11.0. The number of hydrogen-bond acceptors (Lipinski definition) is 2. The van der Waals surface area contributed by atoms with Crippen molar-refractivity contribution in [3.63, 3.8) is 0 Å². The number of fused-ring (bicyclic) bond motifs is 1. The van der Waals surface area contributed by atoms with Crippen molar-refractivity contribution in [1.82, 2.24) is 4.98 Å². The predicted molar refractivity (Wildman–Crippen MR) is 66.4 cm³/mol. The monoisotopic (exact) mass is 333 g/mol. The van der Waals surface area contributed by atoms with E-state index >= 15 is 0 Å². The first-order valence-electron chi connectivity index (χ1n) is 4.07. The van der Waals surface area contributed by atoms with Gasteiger partial charge in [-0.25, -0.2) is 9.78 Å². The van der Waals surface area contributed by atoms with Crippen LogP contribution in [0.2, 0.25) is 5.02 Å². The fourth-order valence-electron chi connectivity index (χ4n) is 1.28. The van der Waals surface area contributed by atoms with Crippen LogP contribution in [-0.2, 0) is 0 Å². The molecule has 2 aromatic rings. The Kier molecular flexibility index (Phi) is 2.79. The summed E-state index contributed by atoms with van der Waals surface area (Å²) in [5.41, 5.74) is 0.711. The van der Waals surface area contributed by atoms with E-state index in [2.05, 4.69) is 27.6 Å². The van der Waals surface area contributed by atoms with Crippen LogP contribution < -0.4 is 0 Å². The molecule has 1 aromatic carbocycles. The van der Waals surface area contributed by atoms with Crippen molar-refractivity contribution in [2.75, 3.05) is 0 Å². The molecule has 0 radical (unpaired) electrons. The maximum Gasteiger partial charge on any atom is 0.354 e. The number of halogens is 2. The highest BCUT2D eigenvalue weighted by atomic mass is 127. The van der Waals surface area contributed by atoms with Crippen LogP contribution in [0.3, 0.4) is 0 Å². The molecule has 0 aliphatic rings. The van der Waals surface area contributed by atoms with Crippen LogP contribution in [0, 0.1) is 3.57 Å². The van der Waals surface area contributed by atoms with E-state index in [4.69, 9.17) is 16.7 Å². The van der Waals surface area contributed by atoms with Crippen LogP contribution in [0.15, 0.2) is 24.3 Å². The van der Waals surface area contributed by atoms with Crippen molar-refractivity contribution >= 4 is 51.1 Å². The van der Waals surface area contributed by atoms with Gasteiger partial charge in [0.15, 0.2) is 0 Å². The molecule has 76 valence electrons. The summed E-state index contributed by atoms with van der Waals surface area (Å²) in [5, 5.41) is 10.3. The summed E-state index contributed by atoms with van der Waals surface area (Å²) in [6.07, 6.45) is 0. The Hall–Kier alpha value is -0.880. The summed E-state index contributed by atoms with van der Waals surface area (Å²) in [7, 11) is 0. The van der Waals surface area contributed by atoms with Gasteiger partial charge in [-0.1, -0.05) is 17.7 Å². The van der Waals surface area contributed by atoms with E-state index in [0.717, 1.165) is 8.96 Å². The minimum Gasteiger partial charge on any atom is -0.477 e. The lowest BCUT2D eigenvalue weighted by atomic mass is 10.2. The Labute approximate surface area is 104 Å². The normalized spacial score (nSPS) is 10.5. The average Bonchev–Trinajstić information content (AvgIpc) is 2.16. The predicted octanol–water partition coefficient (Wildman–Crippen LogP) is 3.19. The van der Waals surface area contributed by atoms with Gasteiger partial charge in [0.25, 0.3) is 0 Å². The van der Waals surface area contributed by atoms with Gasteiger partial charge in [0.05, 0.1) is 5.52 Å². The molecule has 0 fully saturated rings. The lowest BCUT2D eigenvalue weighted by Crippen LogP contribution is -2.00. The molecule has 0 unspecified atom stereocenters. The molecule has 0 atom stereocenters. The highest BCUT2D eigenvalue weighted by molar-refractivity contribution is 14.1. The van der Waals surface area contributed by atoms with Gasteiger partial charge in [-0.3, -0.25) is 0 Å². The molecule has 0 saturated heterocycles. The van der Waals surface area contributed by atoms with Crippen LogP contribution in [0.25, 0.3) is 10.9 Å². The van der Waals surface area contributed by atoms with E-state index in [9.17, 15) is 4.79 Å². The third-order valence-electron chi connectivity index (χ3n) is 1.93. The van der Waals surface area contributed by atoms with Crippen molar-refractivity contribution in [1.29, 1.82) is 0 Å². The number of carbonyl (C=O) groups is 1. The van der Waals surface area contributed by atoms with Gasteiger partial charge >= 0.3 is 5.97 Å². The molecule has 0 aliphatic heterocycles. The first kappa shape index (κ1) is 10.6. The van der Waals surface area contributed by atoms with Gasteiger partial charge in [-0.05, 0) is 40.8 Å². The van der Waals surface area contributed by atoms with Gasteiger partial charge in [0, 0.05) is 14.0 Å². The SMILES string of the molecule is O=C(O)c1ccc2cc(Cl)cc(I)c2n1. The number of carboxylic acid groups (broad SMARTS) is 1. The van der Waals surface area contributed by atoms with Gasteiger partial charge in [-0.15, -0.1) is 0 Å². The highest BCUT2D eigenvalue weighted by Crippen LogP contribution is 2.24. The number of nitrogens with zero attached hydrogens (tertiary/aromatic N) is 1. The number of aromatic nitrogens is 1. The number of carboxylic acids is 1. The number of aromatic carboxylic acids is 1. The minimum atomic E-state index is -1.03. The van der Waals surface area contributed by atoms with Crippen LogP contribution in [0.1, 0.15) is 10.5 Å². The van der Waals surface area contributed by atoms with Crippen molar-refractivity contribution in [2.24, 2.45) is 0 Å². The third-order valence-corrected chi connectivity index (χ3v) is 2.97. The number of benzene rings is 1. The second-order valence-corrected chi connectivity index (χ2v) is 4.56. The fraction of sp³-hybridized carbons (Fsp3) is 0. The molecule has 0 amide bonds.